The van der Waals surface area contributed by atoms with E-state index in [0.29, 0.717) is 4.90 Å². The van der Waals surface area contributed by atoms with Crippen LogP contribution in [0.5, 0.6) is 0 Å². The molecule has 0 aromatic heterocycles. The molecule has 0 spiro atoms. The average Bonchev–Trinajstić information content (AvgIpc) is 2.54. The van der Waals surface area contributed by atoms with Gasteiger partial charge >= 0.3 is 0 Å². The van der Waals surface area contributed by atoms with Crippen LogP contribution in [-0.4, -0.2) is 37.7 Å². The largest absolute Gasteiger partial charge is 0.240 e. The van der Waals surface area contributed by atoms with E-state index in [9.17, 15) is 8.42 Å². The predicted molar refractivity (Wildman–Crippen MR) is 120 cm³/mol. The molecule has 0 amide bonds. The summed E-state index contributed by atoms with van der Waals surface area (Å²) in [4.78, 5) is 0.361. The van der Waals surface area contributed by atoms with Gasteiger partial charge in [0.1, 0.15) is 0 Å². The standard InChI is InChI=1S/C19H33NO2S3Si/c1-15(2)18(14-19(26(4,5)6)23-12-7-13-24-19)20-25(21,22)17-10-8-16(3)9-11-17/h8-11,15,18,20H,7,12-14H2,1-6H3/t18-/m1/s1. The van der Waals surface area contributed by atoms with Crippen LogP contribution in [0.25, 0.3) is 0 Å². The van der Waals surface area contributed by atoms with E-state index in [4.69, 9.17) is 0 Å². The van der Waals surface area contributed by atoms with Crippen molar-refractivity contribution >= 4 is 41.6 Å². The summed E-state index contributed by atoms with van der Waals surface area (Å²) in [6.45, 7) is 13.5. The van der Waals surface area contributed by atoms with Gasteiger partial charge in [0.25, 0.3) is 0 Å². The van der Waals surface area contributed by atoms with Gasteiger partial charge in [-0.3, -0.25) is 0 Å². The number of hydrogen-bond acceptors (Lipinski definition) is 4. The number of thioether (sulfide) groups is 2. The molecule has 1 atom stereocenters. The van der Waals surface area contributed by atoms with Gasteiger partial charge in [0.05, 0.1) is 16.7 Å². The topological polar surface area (TPSA) is 46.2 Å². The van der Waals surface area contributed by atoms with E-state index >= 15 is 0 Å². The second-order valence-electron chi connectivity index (χ2n) is 8.54. The van der Waals surface area contributed by atoms with E-state index in [0.717, 1.165) is 12.0 Å². The highest BCUT2D eigenvalue weighted by atomic mass is 32.2. The van der Waals surface area contributed by atoms with Crippen LogP contribution in [0, 0.1) is 12.8 Å². The van der Waals surface area contributed by atoms with Crippen molar-refractivity contribution in [3.05, 3.63) is 29.8 Å². The molecule has 1 aromatic rings. The fraction of sp³-hybridized carbons (Fsp3) is 0.684. The number of hydrogen-bond donors (Lipinski definition) is 1. The van der Waals surface area contributed by atoms with E-state index in [1.54, 1.807) is 12.1 Å². The lowest BCUT2D eigenvalue weighted by atomic mass is 10.0. The SMILES string of the molecule is Cc1ccc(S(=O)(=O)N[C@H](CC2([Si](C)(C)C)SCCCS2)C(C)C)cc1. The number of aryl methyl sites for hydroxylation is 1. The van der Waals surface area contributed by atoms with Crippen molar-refractivity contribution in [2.45, 2.75) is 67.9 Å². The molecule has 1 heterocycles. The normalized spacial score (nSPS) is 19.5. The summed E-state index contributed by atoms with van der Waals surface area (Å²) in [7, 11) is -4.98. The number of benzene rings is 1. The van der Waals surface area contributed by atoms with Crippen LogP contribution in [0.1, 0.15) is 32.3 Å². The fourth-order valence-electron chi connectivity index (χ4n) is 3.12. The van der Waals surface area contributed by atoms with Crippen molar-refractivity contribution in [1.29, 1.82) is 0 Å². The lowest BCUT2D eigenvalue weighted by Crippen LogP contribution is -2.54. The van der Waals surface area contributed by atoms with E-state index < -0.39 is 18.1 Å². The smallest absolute Gasteiger partial charge is 0.208 e. The summed E-state index contributed by atoms with van der Waals surface area (Å²) >= 11 is 4.15. The lowest BCUT2D eigenvalue weighted by molar-refractivity contribution is 0.427. The number of rotatable bonds is 7. The van der Waals surface area contributed by atoms with Crippen molar-refractivity contribution in [2.24, 2.45) is 5.92 Å². The average molecular weight is 432 g/mol. The molecule has 0 unspecified atom stereocenters. The molecular formula is C19H33NO2S3Si. The molecule has 2 rings (SSSR count). The fourth-order valence-corrected chi connectivity index (χ4v) is 12.3. The van der Waals surface area contributed by atoms with Gasteiger partial charge in [0.15, 0.2) is 0 Å². The molecule has 0 radical (unpaired) electrons. The summed E-state index contributed by atoms with van der Waals surface area (Å²) in [5.41, 5.74) is 1.07. The first-order valence-electron chi connectivity index (χ1n) is 9.34. The molecule has 0 aliphatic carbocycles. The van der Waals surface area contributed by atoms with Crippen molar-refractivity contribution in [2.75, 3.05) is 11.5 Å². The number of nitrogens with one attached hydrogen (secondary N) is 1. The molecular weight excluding hydrogens is 399 g/mol. The Hall–Kier alpha value is 0.0469. The van der Waals surface area contributed by atoms with Gasteiger partial charge < -0.3 is 0 Å². The van der Waals surface area contributed by atoms with Crippen LogP contribution in [-0.2, 0) is 10.0 Å². The third-order valence-corrected chi connectivity index (χ3v) is 16.5. The van der Waals surface area contributed by atoms with E-state index in [1.165, 1.54) is 17.9 Å². The Kier molecular flexibility index (Phi) is 7.39. The molecule has 1 N–H and O–H groups in total. The minimum atomic E-state index is -3.50. The summed E-state index contributed by atoms with van der Waals surface area (Å²) in [6.07, 6.45) is 2.16. The van der Waals surface area contributed by atoms with Crippen LogP contribution in [0.15, 0.2) is 29.2 Å². The van der Waals surface area contributed by atoms with Crippen LogP contribution < -0.4 is 4.72 Å². The van der Waals surface area contributed by atoms with Crippen molar-refractivity contribution in [1.82, 2.24) is 4.72 Å². The maximum absolute atomic E-state index is 12.9. The van der Waals surface area contributed by atoms with Gasteiger partial charge in [-0.25, -0.2) is 13.1 Å². The van der Waals surface area contributed by atoms with Gasteiger partial charge in [-0.1, -0.05) is 51.2 Å². The summed E-state index contributed by atoms with van der Waals surface area (Å²) < 4.78 is 29.1. The quantitative estimate of drug-likeness (QED) is 0.608. The van der Waals surface area contributed by atoms with E-state index in [2.05, 4.69) is 61.7 Å². The summed E-state index contributed by atoms with van der Waals surface area (Å²) in [5, 5.41) is 0. The Morgan fingerprint density at radius 3 is 2.12 bits per heavy atom. The van der Waals surface area contributed by atoms with Crippen molar-refractivity contribution in [3.63, 3.8) is 0 Å². The van der Waals surface area contributed by atoms with Gasteiger partial charge in [0.2, 0.25) is 10.0 Å². The highest BCUT2D eigenvalue weighted by molar-refractivity contribution is 8.21. The molecule has 1 saturated heterocycles. The van der Waals surface area contributed by atoms with Gasteiger partial charge in [0, 0.05) is 6.04 Å². The van der Waals surface area contributed by atoms with Gasteiger partial charge in [-0.05, 0) is 49.3 Å². The molecule has 7 heteroatoms. The van der Waals surface area contributed by atoms with Crippen LogP contribution in [0.3, 0.4) is 0 Å². The van der Waals surface area contributed by atoms with Gasteiger partial charge in [-0.15, -0.1) is 23.5 Å². The molecule has 26 heavy (non-hydrogen) atoms. The van der Waals surface area contributed by atoms with Crippen LogP contribution in [0.2, 0.25) is 19.6 Å². The van der Waals surface area contributed by atoms with Crippen LogP contribution >= 0.6 is 23.5 Å². The first-order chi connectivity index (χ1) is 12.0. The monoisotopic (exact) mass is 431 g/mol. The summed E-state index contributed by atoms with van der Waals surface area (Å²) in [5.74, 6) is 2.63. The molecule has 0 saturated carbocycles. The van der Waals surface area contributed by atoms with Crippen molar-refractivity contribution in [3.8, 4) is 0 Å². The van der Waals surface area contributed by atoms with Gasteiger partial charge in [-0.2, -0.15) is 0 Å². The van der Waals surface area contributed by atoms with E-state index in [1.807, 2.05) is 19.1 Å². The summed E-state index contributed by atoms with van der Waals surface area (Å²) in [6, 6.07) is 7.07. The third kappa shape index (κ3) is 5.31. The highest BCUT2D eigenvalue weighted by Gasteiger charge is 2.47. The van der Waals surface area contributed by atoms with Crippen LogP contribution in [0.4, 0.5) is 0 Å². The molecule has 0 bridgehead atoms. The maximum atomic E-state index is 12.9. The minimum Gasteiger partial charge on any atom is -0.208 e. The lowest BCUT2D eigenvalue weighted by Gasteiger charge is -2.47. The maximum Gasteiger partial charge on any atom is 0.240 e. The van der Waals surface area contributed by atoms with E-state index in [-0.39, 0.29) is 15.7 Å². The second-order valence-corrected chi connectivity index (χ2v) is 19.4. The Morgan fingerprint density at radius 1 is 1.12 bits per heavy atom. The molecule has 1 aromatic carbocycles. The third-order valence-electron chi connectivity index (χ3n) is 5.03. The predicted octanol–water partition coefficient (Wildman–Crippen LogP) is 5.13. The Balaban J connectivity index is 2.26. The number of sulfonamides is 1. The molecule has 1 aliphatic rings. The molecule has 3 nitrogen and oxygen atoms in total. The second kappa shape index (κ2) is 8.60. The Bertz CT molecular complexity index is 690. The Labute approximate surface area is 169 Å². The zero-order valence-electron chi connectivity index (χ0n) is 16.8. The zero-order valence-corrected chi connectivity index (χ0v) is 20.3. The first-order valence-corrected chi connectivity index (χ1v) is 16.3. The molecule has 1 fully saturated rings. The van der Waals surface area contributed by atoms with Crippen molar-refractivity contribution < 1.29 is 8.42 Å². The Morgan fingerprint density at radius 2 is 1.65 bits per heavy atom. The zero-order chi connectivity index (χ0) is 19.6. The molecule has 148 valence electrons. The highest BCUT2D eigenvalue weighted by Crippen LogP contribution is 2.51. The molecule has 1 aliphatic heterocycles. The minimum absolute atomic E-state index is 0.0499. The first kappa shape index (κ1) is 22.3.